The number of carboxylic acid groups (broad SMARTS) is 1. The van der Waals surface area contributed by atoms with Gasteiger partial charge in [-0.3, -0.25) is 9.59 Å². The Morgan fingerprint density at radius 3 is 2.45 bits per heavy atom. The first kappa shape index (κ1) is 15.6. The highest BCUT2D eigenvalue weighted by Crippen LogP contribution is 2.37. The maximum Gasteiger partial charge on any atom is 0.306 e. The number of aliphatic carboxylic acids is 1. The molecule has 0 bridgehead atoms. The molecule has 0 heterocycles. The lowest BCUT2D eigenvalue weighted by Crippen LogP contribution is -2.21. The van der Waals surface area contributed by atoms with Crippen molar-refractivity contribution in [2.24, 2.45) is 11.8 Å². The number of benzene rings is 1. The van der Waals surface area contributed by atoms with Crippen LogP contribution in [0.3, 0.4) is 0 Å². The van der Waals surface area contributed by atoms with Crippen LogP contribution in [0, 0.1) is 11.8 Å². The van der Waals surface area contributed by atoms with Crippen molar-refractivity contribution in [2.45, 2.75) is 19.3 Å². The lowest BCUT2D eigenvalue weighted by molar-refractivity contribution is -0.141. The molecule has 7 heteroatoms. The van der Waals surface area contributed by atoms with Gasteiger partial charge in [-0.25, -0.2) is 0 Å². The van der Waals surface area contributed by atoms with Gasteiger partial charge in [-0.15, -0.1) is 0 Å². The highest BCUT2D eigenvalue weighted by Gasteiger charge is 2.34. The zero-order chi connectivity index (χ0) is 14.9. The second-order valence-electron chi connectivity index (χ2n) is 4.76. The number of carboxylic acids is 1. The second-order valence-corrected chi connectivity index (χ2v) is 6.37. The average molecular weight is 381 g/mol. The summed E-state index contributed by atoms with van der Waals surface area (Å²) in [5, 5.41) is 12.2. The van der Waals surface area contributed by atoms with E-state index in [-0.39, 0.29) is 16.8 Å². The van der Waals surface area contributed by atoms with Crippen molar-refractivity contribution in [1.82, 2.24) is 0 Å². The second kappa shape index (κ2) is 6.33. The Hall–Kier alpha value is -0.780. The first-order chi connectivity index (χ1) is 9.40. The summed E-state index contributed by atoms with van der Waals surface area (Å²) in [6.07, 6.45) is 1.47. The molecule has 108 valence electrons. The highest BCUT2D eigenvalue weighted by atomic mass is 79.9. The standard InChI is InChI=1S/C13H12BrCl2NO3/c14-8-3-4-9(11(16)10(8)15)17-12(18)6-1-2-7(5-6)13(19)20/h3-4,6-7H,1-2,5H2,(H,17,18)(H,19,20). The van der Waals surface area contributed by atoms with Gasteiger partial charge in [-0.05, 0) is 47.3 Å². The summed E-state index contributed by atoms with van der Waals surface area (Å²) in [6, 6.07) is 3.35. The predicted molar refractivity (Wildman–Crippen MR) is 81.3 cm³/mol. The molecule has 2 rings (SSSR count). The molecule has 1 saturated carbocycles. The van der Waals surface area contributed by atoms with Gasteiger partial charge in [0.15, 0.2) is 0 Å². The van der Waals surface area contributed by atoms with Crippen molar-refractivity contribution >= 4 is 56.7 Å². The molecular formula is C13H12BrCl2NO3. The van der Waals surface area contributed by atoms with Crippen LogP contribution < -0.4 is 5.32 Å². The summed E-state index contributed by atoms with van der Waals surface area (Å²) >= 11 is 15.3. The van der Waals surface area contributed by atoms with E-state index in [1.54, 1.807) is 12.1 Å². The molecule has 0 spiro atoms. The fourth-order valence-corrected chi connectivity index (χ4v) is 3.12. The smallest absolute Gasteiger partial charge is 0.306 e. The minimum atomic E-state index is -0.843. The Labute approximate surface area is 134 Å². The van der Waals surface area contributed by atoms with E-state index in [1.807, 2.05) is 0 Å². The van der Waals surface area contributed by atoms with Gasteiger partial charge >= 0.3 is 5.97 Å². The van der Waals surface area contributed by atoms with E-state index in [0.29, 0.717) is 34.4 Å². The molecule has 0 saturated heterocycles. The maximum atomic E-state index is 12.1. The van der Waals surface area contributed by atoms with Gasteiger partial charge in [0.05, 0.1) is 21.7 Å². The zero-order valence-electron chi connectivity index (χ0n) is 10.3. The first-order valence-corrected chi connectivity index (χ1v) is 7.62. The number of hydrogen-bond acceptors (Lipinski definition) is 2. The van der Waals surface area contributed by atoms with E-state index in [1.165, 1.54) is 0 Å². The molecule has 1 aromatic carbocycles. The quantitative estimate of drug-likeness (QED) is 0.772. The van der Waals surface area contributed by atoms with Crippen molar-refractivity contribution in [1.29, 1.82) is 0 Å². The lowest BCUT2D eigenvalue weighted by Gasteiger charge is -2.13. The molecule has 1 amide bonds. The molecule has 0 aromatic heterocycles. The Morgan fingerprint density at radius 2 is 1.85 bits per heavy atom. The molecule has 1 fully saturated rings. The normalized spacial score (nSPS) is 21.8. The predicted octanol–water partition coefficient (Wildman–Crippen LogP) is 4.20. The topological polar surface area (TPSA) is 66.4 Å². The molecule has 0 radical (unpaired) electrons. The van der Waals surface area contributed by atoms with Crippen LogP contribution in [0.25, 0.3) is 0 Å². The van der Waals surface area contributed by atoms with Crippen LogP contribution >= 0.6 is 39.1 Å². The highest BCUT2D eigenvalue weighted by molar-refractivity contribution is 9.10. The van der Waals surface area contributed by atoms with Crippen LogP contribution in [0.4, 0.5) is 5.69 Å². The number of nitrogens with one attached hydrogen (secondary N) is 1. The Morgan fingerprint density at radius 1 is 1.20 bits per heavy atom. The molecule has 20 heavy (non-hydrogen) atoms. The van der Waals surface area contributed by atoms with E-state index in [9.17, 15) is 9.59 Å². The van der Waals surface area contributed by atoms with Crippen LogP contribution in [-0.2, 0) is 9.59 Å². The van der Waals surface area contributed by atoms with Gasteiger partial charge in [0.2, 0.25) is 5.91 Å². The Bertz CT molecular complexity index is 565. The Kier molecular flexibility index (Phi) is 4.94. The van der Waals surface area contributed by atoms with E-state index in [4.69, 9.17) is 28.3 Å². The number of carbonyl (C=O) groups is 2. The van der Waals surface area contributed by atoms with Crippen LogP contribution in [-0.4, -0.2) is 17.0 Å². The first-order valence-electron chi connectivity index (χ1n) is 6.07. The summed E-state index contributed by atoms with van der Waals surface area (Å²) in [5.41, 5.74) is 0.434. The van der Waals surface area contributed by atoms with Crippen molar-refractivity contribution < 1.29 is 14.7 Å². The van der Waals surface area contributed by atoms with Crippen LogP contribution in [0.5, 0.6) is 0 Å². The van der Waals surface area contributed by atoms with Crippen LogP contribution in [0.1, 0.15) is 19.3 Å². The molecule has 1 aliphatic rings. The zero-order valence-corrected chi connectivity index (χ0v) is 13.4. The van der Waals surface area contributed by atoms with Gasteiger partial charge in [-0.2, -0.15) is 0 Å². The third kappa shape index (κ3) is 3.27. The molecule has 4 nitrogen and oxygen atoms in total. The minimum Gasteiger partial charge on any atom is -0.481 e. The third-order valence-corrected chi connectivity index (χ3v) is 5.22. The van der Waals surface area contributed by atoms with E-state index in [0.717, 1.165) is 0 Å². The van der Waals surface area contributed by atoms with Crippen molar-refractivity contribution in [3.05, 3.63) is 26.7 Å². The van der Waals surface area contributed by atoms with Crippen molar-refractivity contribution in [3.8, 4) is 0 Å². The number of halogens is 3. The maximum absolute atomic E-state index is 12.1. The van der Waals surface area contributed by atoms with Gasteiger partial charge in [0, 0.05) is 10.4 Å². The van der Waals surface area contributed by atoms with Crippen molar-refractivity contribution in [3.63, 3.8) is 0 Å². The largest absolute Gasteiger partial charge is 0.481 e. The SMILES string of the molecule is O=C(O)C1CCC(C(=O)Nc2ccc(Br)c(Cl)c2Cl)C1. The summed E-state index contributed by atoms with van der Waals surface area (Å²) in [7, 11) is 0. The molecule has 0 aliphatic heterocycles. The fraction of sp³-hybridized carbons (Fsp3) is 0.385. The summed E-state index contributed by atoms with van der Waals surface area (Å²) in [4.78, 5) is 23.0. The van der Waals surface area contributed by atoms with Crippen LogP contribution in [0.15, 0.2) is 16.6 Å². The number of anilines is 1. The van der Waals surface area contributed by atoms with Gasteiger partial charge in [-0.1, -0.05) is 23.2 Å². The van der Waals surface area contributed by atoms with E-state index < -0.39 is 11.9 Å². The number of amides is 1. The monoisotopic (exact) mass is 379 g/mol. The summed E-state index contributed by atoms with van der Waals surface area (Å²) < 4.78 is 0.647. The third-order valence-electron chi connectivity index (χ3n) is 3.45. The minimum absolute atomic E-state index is 0.214. The van der Waals surface area contributed by atoms with Crippen molar-refractivity contribution in [2.75, 3.05) is 5.32 Å². The van der Waals surface area contributed by atoms with E-state index in [2.05, 4.69) is 21.2 Å². The molecule has 2 atom stereocenters. The summed E-state index contributed by atoms with van der Waals surface area (Å²) in [6.45, 7) is 0. The molecule has 1 aliphatic carbocycles. The molecular weight excluding hydrogens is 369 g/mol. The fourth-order valence-electron chi connectivity index (χ4n) is 2.30. The van der Waals surface area contributed by atoms with Gasteiger partial charge in [0.1, 0.15) is 0 Å². The number of rotatable bonds is 3. The molecule has 1 aromatic rings. The number of carbonyl (C=O) groups excluding carboxylic acids is 1. The number of hydrogen-bond donors (Lipinski definition) is 2. The average Bonchev–Trinajstić information content (AvgIpc) is 2.89. The molecule has 2 unspecified atom stereocenters. The Balaban J connectivity index is 2.06. The lowest BCUT2D eigenvalue weighted by atomic mass is 10.0. The van der Waals surface area contributed by atoms with Gasteiger partial charge < -0.3 is 10.4 Å². The summed E-state index contributed by atoms with van der Waals surface area (Å²) in [5.74, 6) is -1.79. The van der Waals surface area contributed by atoms with Crippen LogP contribution in [0.2, 0.25) is 10.0 Å². The van der Waals surface area contributed by atoms with Gasteiger partial charge in [0.25, 0.3) is 0 Å². The molecule has 2 N–H and O–H groups in total. The van der Waals surface area contributed by atoms with E-state index >= 15 is 0 Å².